The number of benzene rings is 1. The first-order valence-electron chi connectivity index (χ1n) is 6.23. The third-order valence-electron chi connectivity index (χ3n) is 3.66. The van der Waals surface area contributed by atoms with Gasteiger partial charge in [-0.2, -0.15) is 0 Å². The lowest BCUT2D eigenvalue weighted by Crippen LogP contribution is -2.39. The Morgan fingerprint density at radius 3 is 2.67 bits per heavy atom. The summed E-state index contributed by atoms with van der Waals surface area (Å²) in [5.74, 6) is 2.22. The van der Waals surface area contributed by atoms with E-state index in [4.69, 9.17) is 19.9 Å². The zero-order valence-electron chi connectivity index (χ0n) is 11.4. The highest BCUT2D eigenvalue weighted by molar-refractivity contribution is 5.53. The summed E-state index contributed by atoms with van der Waals surface area (Å²) >= 11 is 0. The second-order valence-electron chi connectivity index (χ2n) is 4.96. The molecule has 2 rings (SSSR count). The quantitative estimate of drug-likeness (QED) is 0.897. The van der Waals surface area contributed by atoms with E-state index in [-0.39, 0.29) is 11.6 Å². The molecule has 0 amide bonds. The molecule has 100 valence electrons. The Kier molecular flexibility index (Phi) is 3.39. The van der Waals surface area contributed by atoms with Crippen molar-refractivity contribution in [3.8, 4) is 17.2 Å². The van der Waals surface area contributed by atoms with E-state index < -0.39 is 0 Å². The highest BCUT2D eigenvalue weighted by Crippen LogP contribution is 2.46. The molecule has 0 aliphatic carbocycles. The SMILES string of the molecule is CCC1(C)CC(N)c2c(OC)cc(OC)cc2O1. The number of rotatable bonds is 3. The van der Waals surface area contributed by atoms with E-state index in [1.807, 2.05) is 12.1 Å². The molecule has 1 aromatic carbocycles. The van der Waals surface area contributed by atoms with Crippen molar-refractivity contribution in [2.75, 3.05) is 14.2 Å². The largest absolute Gasteiger partial charge is 0.496 e. The van der Waals surface area contributed by atoms with Crippen molar-refractivity contribution >= 4 is 0 Å². The number of hydrogen-bond donors (Lipinski definition) is 1. The second-order valence-corrected chi connectivity index (χ2v) is 4.96. The Morgan fingerprint density at radius 2 is 2.11 bits per heavy atom. The molecule has 1 aromatic rings. The smallest absolute Gasteiger partial charge is 0.132 e. The number of methoxy groups -OCH3 is 2. The second kappa shape index (κ2) is 4.69. The van der Waals surface area contributed by atoms with Crippen LogP contribution in [0.15, 0.2) is 12.1 Å². The fourth-order valence-corrected chi connectivity index (χ4v) is 2.40. The molecule has 0 fully saturated rings. The van der Waals surface area contributed by atoms with Crippen LogP contribution in [-0.2, 0) is 0 Å². The van der Waals surface area contributed by atoms with Crippen molar-refractivity contribution in [1.29, 1.82) is 0 Å². The van der Waals surface area contributed by atoms with Crippen LogP contribution in [0.2, 0.25) is 0 Å². The molecule has 0 radical (unpaired) electrons. The number of hydrogen-bond acceptors (Lipinski definition) is 4. The van der Waals surface area contributed by atoms with E-state index in [1.54, 1.807) is 14.2 Å². The summed E-state index contributed by atoms with van der Waals surface area (Å²) in [5.41, 5.74) is 6.98. The van der Waals surface area contributed by atoms with Crippen molar-refractivity contribution in [2.24, 2.45) is 5.73 Å². The monoisotopic (exact) mass is 251 g/mol. The van der Waals surface area contributed by atoms with Gasteiger partial charge in [0.2, 0.25) is 0 Å². The summed E-state index contributed by atoms with van der Waals surface area (Å²) in [6, 6.07) is 3.65. The standard InChI is InChI=1S/C14H21NO3/c1-5-14(2)8-10(15)13-11(17-4)6-9(16-3)7-12(13)18-14/h6-7,10H,5,8,15H2,1-4H3. The molecule has 2 N–H and O–H groups in total. The van der Waals surface area contributed by atoms with Crippen LogP contribution >= 0.6 is 0 Å². The van der Waals surface area contributed by atoms with Crippen molar-refractivity contribution < 1.29 is 14.2 Å². The third kappa shape index (κ3) is 2.12. The topological polar surface area (TPSA) is 53.7 Å². The van der Waals surface area contributed by atoms with Crippen molar-refractivity contribution in [1.82, 2.24) is 0 Å². The average Bonchev–Trinajstić information content (AvgIpc) is 2.36. The molecule has 1 heterocycles. The first-order valence-corrected chi connectivity index (χ1v) is 6.23. The molecule has 4 nitrogen and oxygen atoms in total. The molecule has 0 saturated carbocycles. The van der Waals surface area contributed by atoms with E-state index in [2.05, 4.69) is 13.8 Å². The number of fused-ring (bicyclic) bond motifs is 1. The molecule has 2 atom stereocenters. The van der Waals surface area contributed by atoms with Gasteiger partial charge in [-0.05, 0) is 13.3 Å². The van der Waals surface area contributed by atoms with Gasteiger partial charge < -0.3 is 19.9 Å². The molecule has 1 aliphatic heterocycles. The molecular formula is C14H21NO3. The van der Waals surface area contributed by atoms with Crippen LogP contribution in [0.4, 0.5) is 0 Å². The van der Waals surface area contributed by atoms with Gasteiger partial charge in [0.15, 0.2) is 0 Å². The van der Waals surface area contributed by atoms with Crippen LogP contribution in [0.5, 0.6) is 17.2 Å². The van der Waals surface area contributed by atoms with Gasteiger partial charge in [0.05, 0.1) is 19.8 Å². The molecule has 2 unspecified atom stereocenters. The Balaban J connectivity index is 2.51. The molecule has 18 heavy (non-hydrogen) atoms. The van der Waals surface area contributed by atoms with Gasteiger partial charge in [-0.15, -0.1) is 0 Å². The average molecular weight is 251 g/mol. The Morgan fingerprint density at radius 1 is 1.39 bits per heavy atom. The minimum absolute atomic E-state index is 0.0699. The summed E-state index contributed by atoms with van der Waals surface area (Å²) < 4.78 is 16.7. The zero-order chi connectivity index (χ0) is 13.3. The molecule has 0 saturated heterocycles. The maximum atomic E-state index is 6.26. The van der Waals surface area contributed by atoms with E-state index in [1.165, 1.54) is 0 Å². The lowest BCUT2D eigenvalue weighted by molar-refractivity contribution is 0.0490. The Hall–Kier alpha value is -1.42. The van der Waals surface area contributed by atoms with Gasteiger partial charge >= 0.3 is 0 Å². The summed E-state index contributed by atoms with van der Waals surface area (Å²) in [4.78, 5) is 0. The molecular weight excluding hydrogens is 230 g/mol. The predicted molar refractivity (Wildman–Crippen MR) is 70.4 cm³/mol. The maximum Gasteiger partial charge on any atom is 0.132 e. The lowest BCUT2D eigenvalue weighted by atomic mass is 9.87. The lowest BCUT2D eigenvalue weighted by Gasteiger charge is -2.38. The first kappa shape index (κ1) is 13.0. The van der Waals surface area contributed by atoms with Crippen LogP contribution in [0, 0.1) is 0 Å². The van der Waals surface area contributed by atoms with Crippen LogP contribution in [0.25, 0.3) is 0 Å². The Labute approximate surface area is 108 Å². The van der Waals surface area contributed by atoms with Crippen molar-refractivity contribution in [2.45, 2.75) is 38.3 Å². The molecule has 4 heteroatoms. The summed E-state index contributed by atoms with van der Waals surface area (Å²) in [6.45, 7) is 4.19. The summed E-state index contributed by atoms with van der Waals surface area (Å²) in [5, 5.41) is 0. The fraction of sp³-hybridized carbons (Fsp3) is 0.571. The molecule has 0 aromatic heterocycles. The zero-order valence-corrected chi connectivity index (χ0v) is 11.4. The van der Waals surface area contributed by atoms with Crippen LogP contribution in [0.3, 0.4) is 0 Å². The van der Waals surface area contributed by atoms with Crippen molar-refractivity contribution in [3.63, 3.8) is 0 Å². The minimum Gasteiger partial charge on any atom is -0.496 e. The van der Waals surface area contributed by atoms with Gasteiger partial charge in [-0.3, -0.25) is 0 Å². The number of ether oxygens (including phenoxy) is 3. The normalized spacial score (nSPS) is 26.2. The van der Waals surface area contributed by atoms with Gasteiger partial charge in [-0.25, -0.2) is 0 Å². The highest BCUT2D eigenvalue weighted by Gasteiger charge is 2.36. The van der Waals surface area contributed by atoms with Gasteiger partial charge in [0.1, 0.15) is 22.8 Å². The van der Waals surface area contributed by atoms with Crippen LogP contribution < -0.4 is 19.9 Å². The predicted octanol–water partition coefficient (Wildman–Crippen LogP) is 2.65. The molecule has 1 aliphatic rings. The fourth-order valence-electron chi connectivity index (χ4n) is 2.40. The van der Waals surface area contributed by atoms with Gasteiger partial charge in [0.25, 0.3) is 0 Å². The highest BCUT2D eigenvalue weighted by atomic mass is 16.5. The van der Waals surface area contributed by atoms with Crippen LogP contribution in [-0.4, -0.2) is 19.8 Å². The summed E-state index contributed by atoms with van der Waals surface area (Å²) in [7, 11) is 3.26. The minimum atomic E-state index is -0.218. The van der Waals surface area contributed by atoms with Gasteiger partial charge in [0, 0.05) is 24.6 Å². The summed E-state index contributed by atoms with van der Waals surface area (Å²) in [6.07, 6.45) is 1.71. The van der Waals surface area contributed by atoms with E-state index in [0.717, 1.165) is 35.7 Å². The Bertz CT molecular complexity index is 447. The maximum absolute atomic E-state index is 6.26. The molecule has 0 spiro atoms. The van der Waals surface area contributed by atoms with Crippen LogP contribution in [0.1, 0.15) is 38.3 Å². The number of nitrogens with two attached hydrogens (primary N) is 1. The first-order chi connectivity index (χ1) is 8.53. The van der Waals surface area contributed by atoms with Gasteiger partial charge in [-0.1, -0.05) is 6.92 Å². The van der Waals surface area contributed by atoms with E-state index >= 15 is 0 Å². The van der Waals surface area contributed by atoms with E-state index in [0.29, 0.717) is 0 Å². The third-order valence-corrected chi connectivity index (χ3v) is 3.66. The van der Waals surface area contributed by atoms with Crippen molar-refractivity contribution in [3.05, 3.63) is 17.7 Å². The van der Waals surface area contributed by atoms with E-state index in [9.17, 15) is 0 Å². The molecule has 0 bridgehead atoms.